The zero-order chi connectivity index (χ0) is 22.5. The van der Waals surface area contributed by atoms with E-state index in [2.05, 4.69) is 10.6 Å². The van der Waals surface area contributed by atoms with Gasteiger partial charge in [-0.3, -0.25) is 0 Å². The van der Waals surface area contributed by atoms with Crippen molar-refractivity contribution in [3.63, 3.8) is 0 Å². The lowest BCUT2D eigenvalue weighted by atomic mass is 9.95. The first-order valence-corrected chi connectivity index (χ1v) is 10.2. The predicted octanol–water partition coefficient (Wildman–Crippen LogP) is 4.51. The van der Waals surface area contributed by atoms with E-state index in [1.165, 1.54) is 0 Å². The third-order valence-electron chi connectivity index (χ3n) is 4.66. The smallest absolute Gasteiger partial charge is 0.338 e. The van der Waals surface area contributed by atoms with Gasteiger partial charge in [-0.25, -0.2) is 9.59 Å². The minimum Gasteiger partial charge on any atom is -0.493 e. The number of amides is 2. The summed E-state index contributed by atoms with van der Waals surface area (Å²) in [4.78, 5) is 24.8. The lowest BCUT2D eigenvalue weighted by molar-refractivity contribution is -0.143. The SMILES string of the molecule is COc1ccc(C2NC(=O)NC(C)=C2C(=O)OC(C)C)cc1OCc1ccc(Cl)cc1. The van der Waals surface area contributed by atoms with Gasteiger partial charge in [-0.1, -0.05) is 29.8 Å². The molecule has 2 aromatic carbocycles. The van der Waals surface area contributed by atoms with Crippen molar-refractivity contribution in [1.82, 2.24) is 10.6 Å². The van der Waals surface area contributed by atoms with Crippen LogP contribution in [0, 0.1) is 0 Å². The van der Waals surface area contributed by atoms with Crippen LogP contribution in [0.2, 0.25) is 5.02 Å². The van der Waals surface area contributed by atoms with Crippen molar-refractivity contribution in [2.75, 3.05) is 7.11 Å². The summed E-state index contributed by atoms with van der Waals surface area (Å²) in [6.07, 6.45) is -0.291. The molecular weight excluding hydrogens is 420 g/mol. The Labute approximate surface area is 186 Å². The molecule has 1 aliphatic heterocycles. The van der Waals surface area contributed by atoms with Gasteiger partial charge in [0.05, 0.1) is 24.8 Å². The first kappa shape index (κ1) is 22.5. The van der Waals surface area contributed by atoms with Crippen molar-refractivity contribution in [1.29, 1.82) is 0 Å². The number of halogens is 1. The van der Waals surface area contributed by atoms with Gasteiger partial charge < -0.3 is 24.8 Å². The molecule has 1 unspecified atom stereocenters. The molecule has 164 valence electrons. The fourth-order valence-electron chi connectivity index (χ4n) is 3.22. The third-order valence-corrected chi connectivity index (χ3v) is 4.91. The van der Waals surface area contributed by atoms with E-state index in [9.17, 15) is 9.59 Å². The first-order valence-electron chi connectivity index (χ1n) is 9.83. The number of nitrogens with one attached hydrogen (secondary N) is 2. The molecule has 0 radical (unpaired) electrons. The van der Waals surface area contributed by atoms with Crippen LogP contribution in [0.4, 0.5) is 4.79 Å². The van der Waals surface area contributed by atoms with Crippen LogP contribution in [0.25, 0.3) is 0 Å². The number of carbonyl (C=O) groups is 2. The van der Waals surface area contributed by atoms with Gasteiger partial charge in [0.15, 0.2) is 11.5 Å². The molecule has 0 bridgehead atoms. The molecule has 0 aromatic heterocycles. The molecular formula is C23H25ClN2O5. The molecule has 8 heteroatoms. The van der Waals surface area contributed by atoms with Gasteiger partial charge >= 0.3 is 12.0 Å². The lowest BCUT2D eigenvalue weighted by Gasteiger charge is -2.29. The number of hydrogen-bond acceptors (Lipinski definition) is 5. The van der Waals surface area contributed by atoms with Crippen LogP contribution in [-0.2, 0) is 16.1 Å². The maximum Gasteiger partial charge on any atom is 0.338 e. The molecule has 0 saturated carbocycles. The molecule has 0 aliphatic carbocycles. The monoisotopic (exact) mass is 444 g/mol. The number of esters is 1. The van der Waals surface area contributed by atoms with Crippen molar-refractivity contribution in [2.24, 2.45) is 0 Å². The van der Waals surface area contributed by atoms with Crippen molar-refractivity contribution in [2.45, 2.75) is 39.5 Å². The Kier molecular flexibility index (Phi) is 7.07. The minimum atomic E-state index is -0.691. The fourth-order valence-corrected chi connectivity index (χ4v) is 3.35. The minimum absolute atomic E-state index is 0.291. The zero-order valence-electron chi connectivity index (χ0n) is 17.8. The molecule has 2 aromatic rings. The highest BCUT2D eigenvalue weighted by Crippen LogP contribution is 2.35. The van der Waals surface area contributed by atoms with Crippen LogP contribution in [0.3, 0.4) is 0 Å². The molecule has 0 saturated heterocycles. The molecule has 1 heterocycles. The quantitative estimate of drug-likeness (QED) is 0.614. The summed E-state index contributed by atoms with van der Waals surface area (Å²) in [5.74, 6) is 0.520. The van der Waals surface area contributed by atoms with Crippen LogP contribution >= 0.6 is 11.6 Å². The number of urea groups is 1. The van der Waals surface area contributed by atoms with E-state index < -0.39 is 18.0 Å². The van der Waals surface area contributed by atoms with Crippen LogP contribution in [0.15, 0.2) is 53.7 Å². The van der Waals surface area contributed by atoms with E-state index >= 15 is 0 Å². The normalized spacial score (nSPS) is 15.9. The Morgan fingerprint density at radius 3 is 2.48 bits per heavy atom. The van der Waals surface area contributed by atoms with Gasteiger partial charge in [0.1, 0.15) is 6.61 Å². The fraction of sp³-hybridized carbons (Fsp3) is 0.304. The number of hydrogen-bond donors (Lipinski definition) is 2. The van der Waals surface area contributed by atoms with E-state index in [1.807, 2.05) is 12.1 Å². The van der Waals surface area contributed by atoms with E-state index in [0.717, 1.165) is 5.56 Å². The van der Waals surface area contributed by atoms with Crippen LogP contribution in [0.1, 0.15) is 37.9 Å². The van der Waals surface area contributed by atoms with E-state index in [-0.39, 0.29) is 6.10 Å². The number of methoxy groups -OCH3 is 1. The summed E-state index contributed by atoms with van der Waals surface area (Å²) in [5.41, 5.74) is 2.38. The number of rotatable bonds is 7. The topological polar surface area (TPSA) is 85.9 Å². The highest BCUT2D eigenvalue weighted by molar-refractivity contribution is 6.30. The summed E-state index contributed by atoms with van der Waals surface area (Å²) in [6, 6.07) is 11.5. The van der Waals surface area contributed by atoms with Gasteiger partial charge in [-0.2, -0.15) is 0 Å². The largest absolute Gasteiger partial charge is 0.493 e. The van der Waals surface area contributed by atoms with Crippen molar-refractivity contribution in [3.8, 4) is 11.5 Å². The highest BCUT2D eigenvalue weighted by atomic mass is 35.5. The second-order valence-electron chi connectivity index (χ2n) is 7.35. The molecule has 2 N–H and O–H groups in total. The van der Waals surface area contributed by atoms with Gasteiger partial charge in [0.25, 0.3) is 0 Å². The molecule has 7 nitrogen and oxygen atoms in total. The second kappa shape index (κ2) is 9.75. The van der Waals surface area contributed by atoms with Crippen LogP contribution in [0.5, 0.6) is 11.5 Å². The number of benzene rings is 2. The third kappa shape index (κ3) is 5.49. The zero-order valence-corrected chi connectivity index (χ0v) is 18.6. The second-order valence-corrected chi connectivity index (χ2v) is 7.79. The standard InChI is InChI=1S/C23H25ClN2O5/c1-13(2)31-22(27)20-14(3)25-23(28)26-21(20)16-7-10-18(29-4)19(11-16)30-12-15-5-8-17(24)9-6-15/h5-11,13,21H,12H2,1-4H3,(H2,25,26,28). The molecule has 3 rings (SSSR count). The average molecular weight is 445 g/mol. The highest BCUT2D eigenvalue weighted by Gasteiger charge is 2.33. The predicted molar refractivity (Wildman–Crippen MR) is 117 cm³/mol. The Balaban J connectivity index is 1.92. The molecule has 0 spiro atoms. The van der Waals surface area contributed by atoms with Crippen molar-refractivity contribution < 1.29 is 23.8 Å². The molecule has 0 fully saturated rings. The molecule has 2 amide bonds. The molecule has 1 atom stereocenters. The maximum atomic E-state index is 12.7. The Morgan fingerprint density at radius 2 is 1.84 bits per heavy atom. The summed E-state index contributed by atoms with van der Waals surface area (Å²) in [7, 11) is 1.55. The van der Waals surface area contributed by atoms with Gasteiger partial charge in [0.2, 0.25) is 0 Å². The van der Waals surface area contributed by atoms with E-state index in [4.69, 9.17) is 25.8 Å². The van der Waals surface area contributed by atoms with Crippen LogP contribution in [-0.4, -0.2) is 25.2 Å². The van der Waals surface area contributed by atoms with Gasteiger partial charge in [-0.15, -0.1) is 0 Å². The summed E-state index contributed by atoms with van der Waals surface area (Å²) >= 11 is 5.94. The average Bonchev–Trinajstić information content (AvgIpc) is 2.72. The van der Waals surface area contributed by atoms with E-state index in [0.29, 0.717) is 40.0 Å². The lowest BCUT2D eigenvalue weighted by Crippen LogP contribution is -2.45. The van der Waals surface area contributed by atoms with Crippen molar-refractivity contribution in [3.05, 3.63) is 69.9 Å². The number of ether oxygens (including phenoxy) is 3. The molecule has 1 aliphatic rings. The first-order chi connectivity index (χ1) is 14.8. The Hall–Kier alpha value is -3.19. The van der Waals surface area contributed by atoms with Crippen molar-refractivity contribution >= 4 is 23.6 Å². The Morgan fingerprint density at radius 1 is 1.13 bits per heavy atom. The number of carbonyl (C=O) groups excluding carboxylic acids is 2. The Bertz CT molecular complexity index is 1000. The summed E-state index contributed by atoms with van der Waals surface area (Å²) < 4.78 is 16.8. The number of allylic oxidation sites excluding steroid dienone is 1. The van der Waals surface area contributed by atoms with Gasteiger partial charge in [0, 0.05) is 10.7 Å². The summed E-state index contributed by atoms with van der Waals surface area (Å²) in [5, 5.41) is 6.07. The molecule has 31 heavy (non-hydrogen) atoms. The maximum absolute atomic E-state index is 12.7. The summed E-state index contributed by atoms with van der Waals surface area (Å²) in [6.45, 7) is 5.51. The van der Waals surface area contributed by atoms with Crippen LogP contribution < -0.4 is 20.1 Å². The van der Waals surface area contributed by atoms with Gasteiger partial charge in [-0.05, 0) is 56.2 Å². The van der Waals surface area contributed by atoms with E-state index in [1.54, 1.807) is 58.2 Å².